The molecular weight excluding hydrogens is 270 g/mol. The monoisotopic (exact) mass is 299 g/mol. The van der Waals surface area contributed by atoms with E-state index < -0.39 is 0 Å². The van der Waals surface area contributed by atoms with Gasteiger partial charge in [0.25, 0.3) is 0 Å². The van der Waals surface area contributed by atoms with Crippen molar-refractivity contribution in [2.75, 3.05) is 38.3 Å². The number of hydrogen-bond acceptors (Lipinski definition) is 4. The molecule has 0 atom stereocenters. The smallest absolute Gasteiger partial charge is 0.0628 e. The maximum absolute atomic E-state index is 5.03. The van der Waals surface area contributed by atoms with E-state index in [1.807, 2.05) is 11.8 Å². The van der Waals surface area contributed by atoms with Gasteiger partial charge < -0.3 is 10.1 Å². The standard InChI is InChI=1S/C15H29N3OS/c1-5-20-12-6-10-18-14(3)15(13(2)17-18)7-8-16-9-11-19-4/h16H,5-12H2,1-4H3. The van der Waals surface area contributed by atoms with Gasteiger partial charge in [0.15, 0.2) is 0 Å². The molecule has 0 aliphatic heterocycles. The predicted molar refractivity (Wildman–Crippen MR) is 87.8 cm³/mol. The average molecular weight is 299 g/mol. The molecule has 1 aromatic rings. The van der Waals surface area contributed by atoms with E-state index in [4.69, 9.17) is 4.74 Å². The second-order valence-electron chi connectivity index (χ2n) is 4.92. The van der Waals surface area contributed by atoms with E-state index in [9.17, 15) is 0 Å². The van der Waals surface area contributed by atoms with Crippen LogP contribution in [0.25, 0.3) is 0 Å². The number of rotatable bonds is 11. The summed E-state index contributed by atoms with van der Waals surface area (Å²) in [4.78, 5) is 0. The number of ether oxygens (including phenoxy) is 1. The normalized spacial score (nSPS) is 11.2. The van der Waals surface area contributed by atoms with Crippen LogP contribution in [0.4, 0.5) is 0 Å². The fourth-order valence-corrected chi connectivity index (χ4v) is 2.91. The average Bonchev–Trinajstić information content (AvgIpc) is 2.70. The molecule has 1 N–H and O–H groups in total. The minimum atomic E-state index is 0.770. The number of aromatic nitrogens is 2. The highest BCUT2D eigenvalue weighted by Crippen LogP contribution is 2.14. The Kier molecular flexibility index (Phi) is 8.98. The first kappa shape index (κ1) is 17.5. The molecule has 0 amide bonds. The van der Waals surface area contributed by atoms with Crippen LogP contribution < -0.4 is 5.32 Å². The fourth-order valence-electron chi connectivity index (χ4n) is 2.29. The Bertz CT molecular complexity index is 379. The minimum Gasteiger partial charge on any atom is -0.383 e. The van der Waals surface area contributed by atoms with E-state index in [1.54, 1.807) is 7.11 Å². The van der Waals surface area contributed by atoms with E-state index in [1.165, 1.54) is 34.9 Å². The highest BCUT2D eigenvalue weighted by atomic mass is 32.2. The van der Waals surface area contributed by atoms with Gasteiger partial charge >= 0.3 is 0 Å². The van der Waals surface area contributed by atoms with Gasteiger partial charge in [-0.2, -0.15) is 16.9 Å². The van der Waals surface area contributed by atoms with Crippen LogP contribution in [0.2, 0.25) is 0 Å². The first-order valence-electron chi connectivity index (χ1n) is 7.51. The SMILES string of the molecule is CCSCCCn1nc(C)c(CCNCCOC)c1C. The topological polar surface area (TPSA) is 39.1 Å². The van der Waals surface area contributed by atoms with Crippen molar-refractivity contribution in [1.82, 2.24) is 15.1 Å². The van der Waals surface area contributed by atoms with Crippen molar-refractivity contribution in [3.8, 4) is 0 Å². The number of nitrogens with zero attached hydrogens (tertiary/aromatic N) is 2. The third kappa shape index (κ3) is 5.85. The van der Waals surface area contributed by atoms with Gasteiger partial charge in [-0.15, -0.1) is 0 Å². The number of nitrogens with one attached hydrogen (secondary N) is 1. The quantitative estimate of drug-likeness (QED) is 0.637. The summed E-state index contributed by atoms with van der Waals surface area (Å²) < 4.78 is 7.21. The fraction of sp³-hybridized carbons (Fsp3) is 0.800. The van der Waals surface area contributed by atoms with Crippen molar-refractivity contribution in [3.63, 3.8) is 0 Å². The molecule has 1 rings (SSSR count). The molecule has 116 valence electrons. The molecule has 0 aliphatic carbocycles. The van der Waals surface area contributed by atoms with Crippen molar-refractivity contribution in [2.24, 2.45) is 0 Å². The Morgan fingerprint density at radius 1 is 1.30 bits per heavy atom. The molecule has 0 aliphatic rings. The molecular formula is C15H29N3OS. The molecule has 4 nitrogen and oxygen atoms in total. The van der Waals surface area contributed by atoms with Crippen LogP contribution in [0.3, 0.4) is 0 Å². The zero-order valence-corrected chi connectivity index (χ0v) is 14.2. The number of thioether (sulfide) groups is 1. The van der Waals surface area contributed by atoms with Crippen LogP contribution >= 0.6 is 11.8 Å². The summed E-state index contributed by atoms with van der Waals surface area (Å²) in [5, 5.41) is 8.07. The summed E-state index contributed by atoms with van der Waals surface area (Å²) in [6.07, 6.45) is 2.25. The summed E-state index contributed by atoms with van der Waals surface area (Å²) in [6, 6.07) is 0. The van der Waals surface area contributed by atoms with Gasteiger partial charge in [-0.25, -0.2) is 0 Å². The van der Waals surface area contributed by atoms with Crippen molar-refractivity contribution in [3.05, 3.63) is 17.0 Å². The molecule has 0 fully saturated rings. The summed E-state index contributed by atoms with van der Waals surface area (Å²) in [6.45, 7) is 10.2. The van der Waals surface area contributed by atoms with Crippen LogP contribution in [0.1, 0.15) is 30.3 Å². The van der Waals surface area contributed by atoms with Crippen LogP contribution in [0.5, 0.6) is 0 Å². The Balaban J connectivity index is 2.40. The minimum absolute atomic E-state index is 0.770. The van der Waals surface area contributed by atoms with Crippen LogP contribution in [0.15, 0.2) is 0 Å². The molecule has 0 saturated heterocycles. The Hall–Kier alpha value is -0.520. The predicted octanol–water partition coefficient (Wildman–Crippen LogP) is 2.42. The van der Waals surface area contributed by atoms with Crippen molar-refractivity contribution in [2.45, 2.75) is 40.2 Å². The van der Waals surface area contributed by atoms with E-state index >= 15 is 0 Å². The van der Waals surface area contributed by atoms with Crippen LogP contribution in [0, 0.1) is 13.8 Å². The van der Waals surface area contributed by atoms with E-state index in [0.29, 0.717) is 0 Å². The molecule has 0 saturated carbocycles. The molecule has 20 heavy (non-hydrogen) atoms. The molecule has 0 aromatic carbocycles. The number of aryl methyl sites for hydroxylation is 2. The lowest BCUT2D eigenvalue weighted by Gasteiger charge is -2.06. The lowest BCUT2D eigenvalue weighted by molar-refractivity contribution is 0.199. The Morgan fingerprint density at radius 3 is 2.80 bits per heavy atom. The molecule has 0 radical (unpaired) electrons. The summed E-state index contributed by atoms with van der Waals surface area (Å²) in [7, 11) is 1.73. The Morgan fingerprint density at radius 2 is 2.10 bits per heavy atom. The maximum atomic E-state index is 5.03. The maximum Gasteiger partial charge on any atom is 0.0628 e. The Labute approximate surface area is 127 Å². The van der Waals surface area contributed by atoms with Gasteiger partial charge in [-0.05, 0) is 50.3 Å². The highest BCUT2D eigenvalue weighted by molar-refractivity contribution is 7.99. The lowest BCUT2D eigenvalue weighted by atomic mass is 10.1. The lowest BCUT2D eigenvalue weighted by Crippen LogP contribution is -2.22. The van der Waals surface area contributed by atoms with E-state index in [2.05, 4.69) is 35.9 Å². The van der Waals surface area contributed by atoms with Crippen molar-refractivity contribution in [1.29, 1.82) is 0 Å². The summed E-state index contributed by atoms with van der Waals surface area (Å²) >= 11 is 2.00. The second-order valence-corrected chi connectivity index (χ2v) is 6.31. The van der Waals surface area contributed by atoms with E-state index in [-0.39, 0.29) is 0 Å². The van der Waals surface area contributed by atoms with Gasteiger partial charge in [0.1, 0.15) is 0 Å². The van der Waals surface area contributed by atoms with Crippen molar-refractivity contribution >= 4 is 11.8 Å². The first-order valence-corrected chi connectivity index (χ1v) is 8.66. The van der Waals surface area contributed by atoms with Crippen LogP contribution in [-0.2, 0) is 17.7 Å². The summed E-state index contributed by atoms with van der Waals surface area (Å²) in [5.41, 5.74) is 3.91. The van der Waals surface area contributed by atoms with Gasteiger partial charge in [0.05, 0.1) is 12.3 Å². The number of hydrogen-bond donors (Lipinski definition) is 1. The summed E-state index contributed by atoms with van der Waals surface area (Å²) in [5.74, 6) is 2.43. The third-order valence-electron chi connectivity index (χ3n) is 3.43. The number of methoxy groups -OCH3 is 1. The van der Waals surface area contributed by atoms with Gasteiger partial charge in [-0.1, -0.05) is 6.92 Å². The molecule has 1 heterocycles. The molecule has 0 bridgehead atoms. The first-order chi connectivity index (χ1) is 9.70. The zero-order chi connectivity index (χ0) is 14.8. The second kappa shape index (κ2) is 10.2. The molecule has 0 spiro atoms. The molecule has 0 unspecified atom stereocenters. The van der Waals surface area contributed by atoms with Crippen LogP contribution in [-0.4, -0.2) is 48.1 Å². The molecule has 5 heteroatoms. The molecule has 1 aromatic heterocycles. The highest BCUT2D eigenvalue weighted by Gasteiger charge is 2.10. The van der Waals surface area contributed by atoms with Gasteiger partial charge in [0.2, 0.25) is 0 Å². The largest absolute Gasteiger partial charge is 0.383 e. The van der Waals surface area contributed by atoms with Crippen molar-refractivity contribution < 1.29 is 4.74 Å². The van der Waals surface area contributed by atoms with E-state index in [0.717, 1.165) is 32.7 Å². The zero-order valence-electron chi connectivity index (χ0n) is 13.4. The van der Waals surface area contributed by atoms with Gasteiger partial charge in [0, 0.05) is 25.9 Å². The van der Waals surface area contributed by atoms with Gasteiger partial charge in [-0.3, -0.25) is 4.68 Å². The third-order valence-corrected chi connectivity index (χ3v) is 4.41.